The Balaban J connectivity index is 1.68. The maximum atomic E-state index is 13.1. The highest BCUT2D eigenvalue weighted by atomic mass is 16.2. The van der Waals surface area contributed by atoms with Crippen LogP contribution in [0.1, 0.15) is 53.1 Å². The number of carbonyl (C=O) groups excluding carboxylic acids is 1. The minimum absolute atomic E-state index is 0.00264. The van der Waals surface area contributed by atoms with Crippen molar-refractivity contribution in [2.75, 3.05) is 6.54 Å². The largest absolute Gasteiger partial charge is 0.328 e. The summed E-state index contributed by atoms with van der Waals surface area (Å²) >= 11 is 0. The molecule has 1 aliphatic heterocycles. The van der Waals surface area contributed by atoms with Crippen molar-refractivity contribution in [3.63, 3.8) is 0 Å². The van der Waals surface area contributed by atoms with Crippen molar-refractivity contribution in [3.05, 3.63) is 41.4 Å². The molecular weight excluding hydrogens is 306 g/mol. The second-order valence-electron chi connectivity index (χ2n) is 6.18. The third-order valence-corrected chi connectivity index (χ3v) is 4.50. The Morgan fingerprint density at radius 2 is 2.12 bits per heavy atom. The fourth-order valence-corrected chi connectivity index (χ4v) is 3.25. The number of likely N-dealkylation sites (tertiary alicyclic amines) is 1. The summed E-state index contributed by atoms with van der Waals surface area (Å²) in [6.07, 6.45) is 4.77. The number of hydrogen-bond acceptors (Lipinski definition) is 5. The van der Waals surface area contributed by atoms with Crippen molar-refractivity contribution in [1.29, 1.82) is 0 Å². The molecule has 1 aliphatic rings. The van der Waals surface area contributed by atoms with E-state index in [0.29, 0.717) is 11.4 Å². The van der Waals surface area contributed by atoms with E-state index in [1.807, 2.05) is 35.4 Å². The highest BCUT2D eigenvalue weighted by Crippen LogP contribution is 2.30. The van der Waals surface area contributed by atoms with Crippen molar-refractivity contribution < 1.29 is 4.79 Å². The van der Waals surface area contributed by atoms with Gasteiger partial charge in [-0.05, 0) is 45.2 Å². The molecule has 1 unspecified atom stereocenters. The lowest BCUT2D eigenvalue weighted by Crippen LogP contribution is -2.39. The number of fused-ring (bicyclic) bond motifs is 1. The molecule has 0 saturated carbocycles. The summed E-state index contributed by atoms with van der Waals surface area (Å²) in [5.74, 6) is 2.23. The lowest BCUT2D eigenvalue weighted by Gasteiger charge is -2.34. The number of carbonyl (C=O) groups is 1. The van der Waals surface area contributed by atoms with Crippen LogP contribution < -0.4 is 0 Å². The minimum Gasteiger partial charge on any atom is -0.328 e. The van der Waals surface area contributed by atoms with E-state index in [9.17, 15) is 4.79 Å². The van der Waals surface area contributed by atoms with Gasteiger partial charge in [-0.15, -0.1) is 10.2 Å². The SMILES string of the molecule is Cc1nc(C2CCCCN2C(=O)c2ccc3nnc(C)n3c2)n[nH]1. The zero-order chi connectivity index (χ0) is 16.7. The van der Waals surface area contributed by atoms with Crippen molar-refractivity contribution in [1.82, 2.24) is 34.7 Å². The average Bonchev–Trinajstić information content (AvgIpc) is 3.20. The second-order valence-corrected chi connectivity index (χ2v) is 6.18. The molecule has 0 aromatic carbocycles. The molecule has 8 heteroatoms. The first kappa shape index (κ1) is 14.8. The molecule has 3 aromatic heterocycles. The van der Waals surface area contributed by atoms with Gasteiger partial charge in [0, 0.05) is 12.7 Å². The number of amides is 1. The summed E-state index contributed by atoms with van der Waals surface area (Å²) in [6.45, 7) is 4.46. The van der Waals surface area contributed by atoms with Gasteiger partial charge in [0.05, 0.1) is 11.6 Å². The van der Waals surface area contributed by atoms with Crippen LogP contribution in [0.25, 0.3) is 5.65 Å². The molecule has 124 valence electrons. The van der Waals surface area contributed by atoms with Crippen LogP contribution in [-0.2, 0) is 0 Å². The van der Waals surface area contributed by atoms with E-state index in [1.54, 1.807) is 6.07 Å². The van der Waals surface area contributed by atoms with E-state index >= 15 is 0 Å². The normalized spacial score (nSPS) is 18.2. The van der Waals surface area contributed by atoms with Gasteiger partial charge in [-0.1, -0.05) is 0 Å². The van der Waals surface area contributed by atoms with Crippen LogP contribution >= 0.6 is 0 Å². The van der Waals surface area contributed by atoms with Gasteiger partial charge < -0.3 is 4.90 Å². The molecular formula is C16H19N7O. The van der Waals surface area contributed by atoms with E-state index < -0.39 is 0 Å². The summed E-state index contributed by atoms with van der Waals surface area (Å²) in [6, 6.07) is 3.55. The number of rotatable bonds is 2. The minimum atomic E-state index is -0.0751. The molecule has 1 atom stereocenters. The Hall–Kier alpha value is -2.77. The number of aromatic amines is 1. The maximum Gasteiger partial charge on any atom is 0.255 e. The van der Waals surface area contributed by atoms with E-state index in [0.717, 1.165) is 43.1 Å². The number of nitrogens with one attached hydrogen (secondary N) is 1. The smallest absolute Gasteiger partial charge is 0.255 e. The molecule has 1 fully saturated rings. The molecule has 1 saturated heterocycles. The first-order valence-corrected chi connectivity index (χ1v) is 8.15. The molecule has 0 aliphatic carbocycles. The quantitative estimate of drug-likeness (QED) is 0.776. The molecule has 0 bridgehead atoms. The monoisotopic (exact) mass is 325 g/mol. The summed E-state index contributed by atoms with van der Waals surface area (Å²) in [4.78, 5) is 19.4. The van der Waals surface area contributed by atoms with Crippen LogP contribution in [-0.4, -0.2) is 47.1 Å². The van der Waals surface area contributed by atoms with Crippen molar-refractivity contribution >= 4 is 11.6 Å². The number of pyridine rings is 1. The number of hydrogen-bond donors (Lipinski definition) is 1. The molecule has 24 heavy (non-hydrogen) atoms. The summed E-state index contributed by atoms with van der Waals surface area (Å²) < 4.78 is 1.84. The lowest BCUT2D eigenvalue weighted by atomic mass is 10.0. The highest BCUT2D eigenvalue weighted by molar-refractivity contribution is 5.94. The van der Waals surface area contributed by atoms with Gasteiger partial charge in [0.15, 0.2) is 11.5 Å². The lowest BCUT2D eigenvalue weighted by molar-refractivity contribution is 0.0600. The van der Waals surface area contributed by atoms with Crippen molar-refractivity contribution in [3.8, 4) is 0 Å². The molecule has 4 rings (SSSR count). The maximum absolute atomic E-state index is 13.1. The Bertz CT molecular complexity index is 897. The number of piperidine rings is 1. The molecule has 1 N–H and O–H groups in total. The Labute approximate surface area is 138 Å². The van der Waals surface area contributed by atoms with Gasteiger partial charge in [0.25, 0.3) is 5.91 Å². The van der Waals surface area contributed by atoms with Crippen molar-refractivity contribution in [2.45, 2.75) is 39.2 Å². The standard InChI is InChI=1S/C16H19N7O/c1-10-17-15(21-18-10)13-5-3-4-8-22(13)16(24)12-6-7-14-20-19-11(2)23(14)9-12/h6-7,9,13H,3-5,8H2,1-2H3,(H,17,18,21). The Morgan fingerprint density at radius 3 is 2.92 bits per heavy atom. The number of H-pyrrole nitrogens is 1. The fourth-order valence-electron chi connectivity index (χ4n) is 3.25. The fraction of sp³-hybridized carbons (Fsp3) is 0.438. The van der Waals surface area contributed by atoms with Gasteiger partial charge in [0.1, 0.15) is 11.6 Å². The van der Waals surface area contributed by atoms with Gasteiger partial charge in [0.2, 0.25) is 0 Å². The van der Waals surface area contributed by atoms with Gasteiger partial charge in [-0.2, -0.15) is 5.10 Å². The molecule has 8 nitrogen and oxygen atoms in total. The molecule has 3 aromatic rings. The summed E-state index contributed by atoms with van der Waals surface area (Å²) in [7, 11) is 0. The zero-order valence-electron chi connectivity index (χ0n) is 13.7. The molecule has 0 radical (unpaired) electrons. The predicted molar refractivity (Wildman–Crippen MR) is 86.5 cm³/mol. The van der Waals surface area contributed by atoms with E-state index in [-0.39, 0.29) is 11.9 Å². The van der Waals surface area contributed by atoms with E-state index in [2.05, 4.69) is 25.4 Å². The Morgan fingerprint density at radius 1 is 1.25 bits per heavy atom. The third-order valence-electron chi connectivity index (χ3n) is 4.50. The Kier molecular flexibility index (Phi) is 3.51. The van der Waals surface area contributed by atoms with Gasteiger partial charge in [-0.25, -0.2) is 4.98 Å². The highest BCUT2D eigenvalue weighted by Gasteiger charge is 2.31. The van der Waals surface area contributed by atoms with Crippen LogP contribution in [0.15, 0.2) is 18.3 Å². The first-order valence-electron chi connectivity index (χ1n) is 8.15. The van der Waals surface area contributed by atoms with Gasteiger partial charge in [-0.3, -0.25) is 14.3 Å². The topological polar surface area (TPSA) is 92.1 Å². The van der Waals surface area contributed by atoms with Crippen molar-refractivity contribution in [2.24, 2.45) is 0 Å². The zero-order valence-corrected chi connectivity index (χ0v) is 13.7. The predicted octanol–water partition coefficient (Wildman–Crippen LogP) is 1.83. The number of aryl methyl sites for hydroxylation is 2. The van der Waals surface area contributed by atoms with Crippen LogP contribution in [0.5, 0.6) is 0 Å². The summed E-state index contributed by atoms with van der Waals surface area (Å²) in [5.41, 5.74) is 1.37. The van der Waals surface area contributed by atoms with Crippen LogP contribution in [0.4, 0.5) is 0 Å². The second kappa shape index (κ2) is 5.70. The average molecular weight is 325 g/mol. The third kappa shape index (κ3) is 2.44. The van der Waals surface area contributed by atoms with Crippen LogP contribution in [0.3, 0.4) is 0 Å². The molecule has 0 spiro atoms. The van der Waals surface area contributed by atoms with Gasteiger partial charge >= 0.3 is 0 Å². The van der Waals surface area contributed by atoms with Crippen LogP contribution in [0.2, 0.25) is 0 Å². The molecule has 1 amide bonds. The van der Waals surface area contributed by atoms with Crippen LogP contribution in [0, 0.1) is 13.8 Å². The number of nitrogens with zero attached hydrogens (tertiary/aromatic N) is 6. The first-order chi connectivity index (χ1) is 11.6. The van der Waals surface area contributed by atoms with E-state index in [4.69, 9.17) is 0 Å². The van der Waals surface area contributed by atoms with E-state index in [1.165, 1.54) is 0 Å². The molecule has 4 heterocycles. The number of aromatic nitrogens is 6. The summed E-state index contributed by atoms with van der Waals surface area (Å²) in [5, 5.41) is 15.2.